The highest BCUT2D eigenvalue weighted by molar-refractivity contribution is 6.17. The van der Waals surface area contributed by atoms with Gasteiger partial charge in [0.1, 0.15) is 0 Å². The van der Waals surface area contributed by atoms with E-state index in [1.807, 2.05) is 48.5 Å². The number of nitriles is 1. The van der Waals surface area contributed by atoms with Crippen LogP contribution in [0.3, 0.4) is 0 Å². The number of benzene rings is 3. The second-order valence-electron chi connectivity index (χ2n) is 6.47. The van der Waals surface area contributed by atoms with Gasteiger partial charge >= 0.3 is 0 Å². The van der Waals surface area contributed by atoms with Crippen LogP contribution in [-0.2, 0) is 13.2 Å². The number of carbonyl (C=O) groups excluding carboxylic acids is 1. The van der Waals surface area contributed by atoms with E-state index in [-0.39, 0.29) is 6.61 Å². The Hall–Kier alpha value is -3.62. The topological polar surface area (TPSA) is 92.0 Å². The largest absolute Gasteiger partial charge is 0.392 e. The molecule has 27 heavy (non-hydrogen) atoms. The number of primary amides is 1. The van der Waals surface area contributed by atoms with Crippen molar-refractivity contribution in [3.63, 3.8) is 0 Å². The molecule has 0 aliphatic rings. The lowest BCUT2D eigenvalue weighted by molar-refractivity contribution is 0.100. The second-order valence-corrected chi connectivity index (χ2v) is 6.47. The van der Waals surface area contributed by atoms with Gasteiger partial charge in [0.15, 0.2) is 0 Å². The number of hydrogen-bond acceptors (Lipinski definition) is 3. The van der Waals surface area contributed by atoms with Gasteiger partial charge in [-0.1, -0.05) is 30.3 Å². The number of rotatable bonds is 4. The second kappa shape index (κ2) is 6.60. The lowest BCUT2D eigenvalue weighted by Crippen LogP contribution is -2.11. The molecule has 3 aromatic carbocycles. The molecule has 0 atom stereocenters. The van der Waals surface area contributed by atoms with E-state index in [2.05, 4.69) is 10.6 Å². The van der Waals surface area contributed by atoms with Crippen molar-refractivity contribution in [2.24, 2.45) is 5.73 Å². The number of aromatic nitrogens is 1. The molecule has 132 valence electrons. The Morgan fingerprint density at radius 2 is 1.85 bits per heavy atom. The first-order chi connectivity index (χ1) is 13.1. The molecule has 5 nitrogen and oxygen atoms in total. The zero-order valence-electron chi connectivity index (χ0n) is 14.5. The van der Waals surface area contributed by atoms with E-state index in [1.165, 1.54) is 0 Å². The summed E-state index contributed by atoms with van der Waals surface area (Å²) in [4.78, 5) is 12.0. The van der Waals surface area contributed by atoms with Gasteiger partial charge in [-0.2, -0.15) is 5.26 Å². The molecule has 4 rings (SSSR count). The third-order valence-corrected chi connectivity index (χ3v) is 4.80. The van der Waals surface area contributed by atoms with Gasteiger partial charge in [-0.3, -0.25) is 4.79 Å². The average Bonchev–Trinajstić information content (AvgIpc) is 3.01. The van der Waals surface area contributed by atoms with Crippen molar-refractivity contribution in [2.45, 2.75) is 13.2 Å². The molecule has 0 spiro atoms. The van der Waals surface area contributed by atoms with Crippen LogP contribution in [0.15, 0.2) is 60.7 Å². The normalized spacial score (nSPS) is 11.0. The first-order valence-corrected chi connectivity index (χ1v) is 8.56. The molecule has 1 heterocycles. The minimum absolute atomic E-state index is 0.0654. The first-order valence-electron chi connectivity index (χ1n) is 8.56. The van der Waals surface area contributed by atoms with Crippen molar-refractivity contribution >= 4 is 27.7 Å². The van der Waals surface area contributed by atoms with Crippen molar-refractivity contribution in [3.05, 3.63) is 82.9 Å². The highest BCUT2D eigenvalue weighted by atomic mass is 16.3. The summed E-state index contributed by atoms with van der Waals surface area (Å²) < 4.78 is 2.09. The summed E-state index contributed by atoms with van der Waals surface area (Å²) in [7, 11) is 0. The van der Waals surface area contributed by atoms with Gasteiger partial charge in [-0.15, -0.1) is 0 Å². The van der Waals surface area contributed by atoms with E-state index >= 15 is 0 Å². The van der Waals surface area contributed by atoms with Crippen molar-refractivity contribution in [2.75, 3.05) is 0 Å². The quantitative estimate of drug-likeness (QED) is 0.588. The van der Waals surface area contributed by atoms with Crippen LogP contribution in [0.25, 0.3) is 21.8 Å². The van der Waals surface area contributed by atoms with Gasteiger partial charge in [0.2, 0.25) is 5.91 Å². The monoisotopic (exact) mass is 355 g/mol. The third-order valence-electron chi connectivity index (χ3n) is 4.80. The van der Waals surface area contributed by atoms with Gasteiger partial charge in [-0.25, -0.2) is 0 Å². The Balaban J connectivity index is 2.03. The van der Waals surface area contributed by atoms with Crippen LogP contribution < -0.4 is 5.73 Å². The lowest BCUT2D eigenvalue weighted by Gasteiger charge is -2.09. The maximum atomic E-state index is 12.0. The Kier molecular flexibility index (Phi) is 4.11. The fraction of sp³-hybridized carbons (Fsp3) is 0.0909. The summed E-state index contributed by atoms with van der Waals surface area (Å²) in [5.41, 5.74) is 10.2. The van der Waals surface area contributed by atoms with Gasteiger partial charge in [0, 0.05) is 28.4 Å². The summed E-state index contributed by atoms with van der Waals surface area (Å²) in [6.45, 7) is 0.469. The molecule has 0 bridgehead atoms. The smallest absolute Gasteiger partial charge is 0.249 e. The van der Waals surface area contributed by atoms with Crippen LogP contribution in [0.5, 0.6) is 0 Å². The summed E-state index contributed by atoms with van der Waals surface area (Å²) in [5.74, 6) is -0.475. The Morgan fingerprint density at radius 3 is 2.59 bits per heavy atom. The minimum atomic E-state index is -0.475. The van der Waals surface area contributed by atoms with Crippen LogP contribution in [0.4, 0.5) is 0 Å². The highest BCUT2D eigenvalue weighted by Crippen LogP contribution is 2.33. The number of hydrogen-bond donors (Lipinski definition) is 2. The first kappa shape index (κ1) is 16.8. The minimum Gasteiger partial charge on any atom is -0.392 e. The molecule has 1 amide bonds. The summed E-state index contributed by atoms with van der Waals surface area (Å²) >= 11 is 0. The molecule has 0 saturated carbocycles. The fourth-order valence-electron chi connectivity index (χ4n) is 3.59. The Bertz CT molecular complexity index is 1230. The van der Waals surface area contributed by atoms with Gasteiger partial charge in [0.25, 0.3) is 0 Å². The highest BCUT2D eigenvalue weighted by Gasteiger charge is 2.17. The maximum Gasteiger partial charge on any atom is 0.249 e. The maximum absolute atomic E-state index is 12.0. The number of carbonyl (C=O) groups is 1. The zero-order chi connectivity index (χ0) is 19.0. The van der Waals surface area contributed by atoms with Crippen LogP contribution in [0.1, 0.15) is 27.0 Å². The molecule has 1 aromatic heterocycles. The number of amides is 1. The zero-order valence-corrected chi connectivity index (χ0v) is 14.5. The van der Waals surface area contributed by atoms with Crippen LogP contribution in [0, 0.1) is 11.3 Å². The van der Waals surface area contributed by atoms with E-state index in [0.717, 1.165) is 32.9 Å². The third kappa shape index (κ3) is 2.82. The van der Waals surface area contributed by atoms with Crippen molar-refractivity contribution < 1.29 is 9.90 Å². The number of nitrogens with zero attached hydrogens (tertiary/aromatic N) is 2. The molecule has 0 radical (unpaired) electrons. The molecular weight excluding hydrogens is 338 g/mol. The molecule has 4 aromatic rings. The van der Waals surface area contributed by atoms with E-state index in [9.17, 15) is 9.90 Å². The molecular formula is C22H17N3O2. The summed E-state index contributed by atoms with van der Waals surface area (Å²) in [6, 6.07) is 20.8. The van der Waals surface area contributed by atoms with Gasteiger partial charge in [0.05, 0.1) is 23.8 Å². The van der Waals surface area contributed by atoms with Crippen LogP contribution >= 0.6 is 0 Å². The average molecular weight is 355 g/mol. The van der Waals surface area contributed by atoms with Crippen molar-refractivity contribution in [1.82, 2.24) is 4.57 Å². The predicted octanol–water partition coefficient (Wildman–Crippen LogP) is 3.31. The lowest BCUT2D eigenvalue weighted by atomic mass is 10.0. The van der Waals surface area contributed by atoms with Gasteiger partial charge in [-0.05, 0) is 41.5 Å². The molecule has 3 N–H and O–H groups in total. The van der Waals surface area contributed by atoms with Crippen LogP contribution in [-0.4, -0.2) is 15.6 Å². The summed E-state index contributed by atoms with van der Waals surface area (Å²) in [5, 5.41) is 20.4. The molecule has 0 saturated heterocycles. The summed E-state index contributed by atoms with van der Waals surface area (Å²) in [6.07, 6.45) is 0. The standard InChI is InChI=1S/C22H17N3O2/c23-11-14-3-1-4-15(9-14)12-25-19-6-2-5-18(22(24)27)21(19)17-8-7-16(13-26)10-20(17)25/h1-10,26H,12-13H2,(H2,24,27). The van der Waals surface area contributed by atoms with Crippen LogP contribution in [0.2, 0.25) is 0 Å². The van der Waals surface area contributed by atoms with E-state index in [0.29, 0.717) is 17.7 Å². The molecule has 0 aliphatic carbocycles. The number of aliphatic hydroxyl groups is 1. The van der Waals surface area contributed by atoms with E-state index in [4.69, 9.17) is 11.0 Å². The Labute approximate surface area is 155 Å². The number of fused-ring (bicyclic) bond motifs is 3. The fourth-order valence-corrected chi connectivity index (χ4v) is 3.59. The number of aliphatic hydroxyl groups excluding tert-OH is 1. The van der Waals surface area contributed by atoms with Gasteiger partial charge < -0.3 is 15.4 Å². The predicted molar refractivity (Wildman–Crippen MR) is 104 cm³/mol. The van der Waals surface area contributed by atoms with E-state index < -0.39 is 5.91 Å². The molecule has 0 aliphatic heterocycles. The van der Waals surface area contributed by atoms with Crippen molar-refractivity contribution in [3.8, 4) is 6.07 Å². The number of nitrogens with two attached hydrogens (primary N) is 1. The molecule has 5 heteroatoms. The van der Waals surface area contributed by atoms with Crippen molar-refractivity contribution in [1.29, 1.82) is 5.26 Å². The Morgan fingerprint density at radius 1 is 1.04 bits per heavy atom. The molecule has 0 fully saturated rings. The molecule has 0 unspecified atom stereocenters. The SMILES string of the molecule is N#Cc1cccc(Cn2c3cc(CO)ccc3c3c(C(N)=O)cccc32)c1. The van der Waals surface area contributed by atoms with E-state index in [1.54, 1.807) is 12.1 Å².